The van der Waals surface area contributed by atoms with Crippen molar-refractivity contribution in [2.45, 2.75) is 50.9 Å². The maximum absolute atomic E-state index is 5.83. The molecule has 1 N–H and O–H groups in total. The number of ether oxygens (including phenoxy) is 1. The Morgan fingerprint density at radius 1 is 1.27 bits per heavy atom. The van der Waals surface area contributed by atoms with E-state index in [0.717, 1.165) is 6.54 Å². The number of morpholine rings is 1. The first-order valence-corrected chi connectivity index (χ1v) is 4.75. The van der Waals surface area contributed by atoms with Gasteiger partial charge in [0.15, 0.2) is 0 Å². The van der Waals surface area contributed by atoms with E-state index in [1.165, 1.54) is 25.7 Å². The van der Waals surface area contributed by atoms with Gasteiger partial charge in [0.2, 0.25) is 0 Å². The molecular formula is C9H17NO. The molecule has 0 amide bonds. The van der Waals surface area contributed by atoms with Crippen molar-refractivity contribution in [3.8, 4) is 0 Å². The molecule has 3 atom stereocenters. The van der Waals surface area contributed by atoms with E-state index in [2.05, 4.69) is 12.2 Å². The number of hydrogen-bond donors (Lipinski definition) is 1. The fraction of sp³-hybridized carbons (Fsp3) is 1.00. The van der Waals surface area contributed by atoms with Crippen LogP contribution < -0.4 is 5.32 Å². The van der Waals surface area contributed by atoms with Crippen LogP contribution in [-0.4, -0.2) is 24.8 Å². The van der Waals surface area contributed by atoms with Crippen LogP contribution in [0.3, 0.4) is 0 Å². The van der Waals surface area contributed by atoms with Gasteiger partial charge in [0.05, 0.1) is 12.2 Å². The smallest absolute Gasteiger partial charge is 0.0732 e. The monoisotopic (exact) mass is 155 g/mol. The third-order valence-corrected chi connectivity index (χ3v) is 2.78. The molecule has 1 aliphatic carbocycles. The van der Waals surface area contributed by atoms with Gasteiger partial charge in [0.1, 0.15) is 0 Å². The van der Waals surface area contributed by atoms with E-state index in [-0.39, 0.29) is 0 Å². The molecule has 2 nitrogen and oxygen atoms in total. The van der Waals surface area contributed by atoms with Crippen molar-refractivity contribution in [2.24, 2.45) is 0 Å². The molecule has 1 heterocycles. The number of nitrogens with one attached hydrogen (secondary N) is 1. The summed E-state index contributed by atoms with van der Waals surface area (Å²) in [5.41, 5.74) is 0. The fourth-order valence-corrected chi connectivity index (χ4v) is 2.16. The lowest BCUT2D eigenvalue weighted by molar-refractivity contribution is -0.0691. The summed E-state index contributed by atoms with van der Waals surface area (Å²) in [6.45, 7) is 3.19. The van der Waals surface area contributed by atoms with Gasteiger partial charge < -0.3 is 10.1 Å². The lowest BCUT2D eigenvalue weighted by Crippen LogP contribution is -2.52. The molecule has 0 spiro atoms. The first-order valence-electron chi connectivity index (χ1n) is 4.75. The lowest BCUT2D eigenvalue weighted by atomic mass is 9.91. The summed E-state index contributed by atoms with van der Waals surface area (Å²) in [6, 6.07) is 0.667. The minimum atomic E-state index is 0.425. The zero-order valence-corrected chi connectivity index (χ0v) is 7.18. The molecule has 64 valence electrons. The van der Waals surface area contributed by atoms with Crippen molar-refractivity contribution in [3.05, 3.63) is 0 Å². The maximum atomic E-state index is 5.83. The highest BCUT2D eigenvalue weighted by molar-refractivity contribution is 4.86. The van der Waals surface area contributed by atoms with Crippen LogP contribution in [0.15, 0.2) is 0 Å². The highest BCUT2D eigenvalue weighted by atomic mass is 16.5. The highest BCUT2D eigenvalue weighted by Crippen LogP contribution is 2.24. The fourth-order valence-electron chi connectivity index (χ4n) is 2.16. The Balaban J connectivity index is 1.93. The van der Waals surface area contributed by atoms with Gasteiger partial charge in [-0.3, -0.25) is 0 Å². The van der Waals surface area contributed by atoms with Crippen LogP contribution in [0.25, 0.3) is 0 Å². The normalized spacial score (nSPS) is 45.0. The molecule has 2 heteroatoms. The summed E-state index contributed by atoms with van der Waals surface area (Å²) in [4.78, 5) is 0. The van der Waals surface area contributed by atoms with E-state index in [0.29, 0.717) is 18.2 Å². The van der Waals surface area contributed by atoms with E-state index in [4.69, 9.17) is 4.74 Å². The summed E-state index contributed by atoms with van der Waals surface area (Å²) in [5.74, 6) is 0. The van der Waals surface area contributed by atoms with Crippen molar-refractivity contribution < 1.29 is 4.74 Å². The van der Waals surface area contributed by atoms with Crippen LogP contribution in [0.2, 0.25) is 0 Å². The maximum Gasteiger partial charge on any atom is 0.0732 e. The molecule has 2 rings (SSSR count). The second kappa shape index (κ2) is 3.11. The molecule has 1 aliphatic heterocycles. The minimum Gasteiger partial charge on any atom is -0.372 e. The number of fused-ring (bicyclic) bond motifs is 1. The third-order valence-electron chi connectivity index (χ3n) is 2.78. The molecule has 0 aromatic heterocycles. The van der Waals surface area contributed by atoms with E-state index >= 15 is 0 Å². The SMILES string of the molecule is C[C@@H]1CN[C@@H]2CCCC[C@H]2O1. The highest BCUT2D eigenvalue weighted by Gasteiger charge is 2.30. The van der Waals surface area contributed by atoms with Gasteiger partial charge in [-0.2, -0.15) is 0 Å². The van der Waals surface area contributed by atoms with Crippen molar-refractivity contribution in [1.29, 1.82) is 0 Å². The molecule has 2 aliphatic rings. The largest absolute Gasteiger partial charge is 0.372 e. The van der Waals surface area contributed by atoms with E-state index in [9.17, 15) is 0 Å². The number of rotatable bonds is 0. The first-order chi connectivity index (χ1) is 5.36. The Morgan fingerprint density at radius 3 is 3.00 bits per heavy atom. The summed E-state index contributed by atoms with van der Waals surface area (Å²) in [5, 5.41) is 3.55. The molecule has 1 saturated heterocycles. The topological polar surface area (TPSA) is 21.3 Å². The summed E-state index contributed by atoms with van der Waals surface area (Å²) < 4.78 is 5.83. The average Bonchev–Trinajstić information content (AvgIpc) is 2.04. The van der Waals surface area contributed by atoms with Crippen LogP contribution in [0, 0.1) is 0 Å². The van der Waals surface area contributed by atoms with E-state index in [1.807, 2.05) is 0 Å². The second-order valence-electron chi connectivity index (χ2n) is 3.78. The zero-order chi connectivity index (χ0) is 7.68. The standard InChI is InChI=1S/C9H17NO/c1-7-6-10-8-4-2-3-5-9(8)11-7/h7-10H,2-6H2,1H3/t7-,8-,9-/m1/s1. The summed E-state index contributed by atoms with van der Waals surface area (Å²) >= 11 is 0. The van der Waals surface area contributed by atoms with Crippen molar-refractivity contribution in [3.63, 3.8) is 0 Å². The summed E-state index contributed by atoms with van der Waals surface area (Å²) in [7, 11) is 0. The predicted molar refractivity (Wildman–Crippen MR) is 44.6 cm³/mol. The Kier molecular flexibility index (Phi) is 2.14. The van der Waals surface area contributed by atoms with Crippen molar-refractivity contribution >= 4 is 0 Å². The Hall–Kier alpha value is -0.0800. The van der Waals surface area contributed by atoms with Gasteiger partial charge in [-0.1, -0.05) is 12.8 Å². The Morgan fingerprint density at radius 2 is 2.09 bits per heavy atom. The van der Waals surface area contributed by atoms with Crippen LogP contribution in [0.5, 0.6) is 0 Å². The Bertz CT molecular complexity index is 138. The average molecular weight is 155 g/mol. The molecular weight excluding hydrogens is 138 g/mol. The van der Waals surface area contributed by atoms with Crippen LogP contribution in [-0.2, 0) is 4.74 Å². The van der Waals surface area contributed by atoms with Crippen LogP contribution >= 0.6 is 0 Å². The predicted octanol–water partition coefficient (Wildman–Crippen LogP) is 1.31. The van der Waals surface area contributed by atoms with Gasteiger partial charge in [0.25, 0.3) is 0 Å². The van der Waals surface area contributed by atoms with Crippen molar-refractivity contribution in [1.82, 2.24) is 5.32 Å². The molecule has 0 unspecified atom stereocenters. The molecule has 0 bridgehead atoms. The van der Waals surface area contributed by atoms with Crippen LogP contribution in [0.4, 0.5) is 0 Å². The van der Waals surface area contributed by atoms with Gasteiger partial charge >= 0.3 is 0 Å². The molecule has 1 saturated carbocycles. The van der Waals surface area contributed by atoms with E-state index in [1.54, 1.807) is 0 Å². The van der Waals surface area contributed by atoms with Gasteiger partial charge in [-0.05, 0) is 19.8 Å². The lowest BCUT2D eigenvalue weighted by Gasteiger charge is -2.39. The first kappa shape index (κ1) is 7.56. The molecule has 0 aromatic carbocycles. The Labute approximate surface area is 68.3 Å². The van der Waals surface area contributed by atoms with Crippen LogP contribution in [0.1, 0.15) is 32.6 Å². The van der Waals surface area contributed by atoms with Gasteiger partial charge in [-0.25, -0.2) is 0 Å². The van der Waals surface area contributed by atoms with E-state index < -0.39 is 0 Å². The summed E-state index contributed by atoms with van der Waals surface area (Å²) in [6.07, 6.45) is 6.27. The molecule has 0 radical (unpaired) electrons. The van der Waals surface area contributed by atoms with Gasteiger partial charge in [-0.15, -0.1) is 0 Å². The zero-order valence-electron chi connectivity index (χ0n) is 7.18. The molecule has 2 fully saturated rings. The quantitative estimate of drug-likeness (QED) is 0.569. The molecule has 11 heavy (non-hydrogen) atoms. The number of hydrogen-bond acceptors (Lipinski definition) is 2. The molecule has 0 aromatic rings. The van der Waals surface area contributed by atoms with Gasteiger partial charge in [0, 0.05) is 12.6 Å². The third kappa shape index (κ3) is 1.57. The van der Waals surface area contributed by atoms with Crippen molar-refractivity contribution in [2.75, 3.05) is 6.54 Å². The minimum absolute atomic E-state index is 0.425. The second-order valence-corrected chi connectivity index (χ2v) is 3.78.